The van der Waals surface area contributed by atoms with Gasteiger partial charge >= 0.3 is 12.0 Å². The third-order valence-corrected chi connectivity index (χ3v) is 6.05. The Bertz CT molecular complexity index is 1390. The minimum Gasteiger partial charge on any atom is -0.481 e. The molecule has 192 valence electrons. The van der Waals surface area contributed by atoms with Crippen molar-refractivity contribution in [3.05, 3.63) is 114 Å². The van der Waals surface area contributed by atoms with Gasteiger partial charge in [-0.15, -0.1) is 0 Å². The largest absolute Gasteiger partial charge is 0.481 e. The number of amides is 2. The van der Waals surface area contributed by atoms with Crippen molar-refractivity contribution in [1.82, 2.24) is 4.98 Å². The number of urea groups is 1. The van der Waals surface area contributed by atoms with Gasteiger partial charge in [0.1, 0.15) is 11.6 Å². The van der Waals surface area contributed by atoms with Crippen molar-refractivity contribution < 1.29 is 23.9 Å². The Kier molecular flexibility index (Phi) is 8.56. The van der Waals surface area contributed by atoms with E-state index in [4.69, 9.17) is 0 Å². The van der Waals surface area contributed by atoms with Crippen molar-refractivity contribution in [3.8, 4) is 11.1 Å². The quantitative estimate of drug-likeness (QED) is 0.212. The Labute approximate surface area is 219 Å². The monoisotopic (exact) mass is 511 g/mol. The van der Waals surface area contributed by atoms with E-state index < -0.39 is 23.7 Å². The summed E-state index contributed by atoms with van der Waals surface area (Å²) < 4.78 is 13.0. The highest BCUT2D eigenvalue weighted by atomic mass is 19.1. The first-order chi connectivity index (χ1) is 18.4. The number of carboxylic acid groups (broad SMARTS) is 1. The maximum absolute atomic E-state index is 13.0. The van der Waals surface area contributed by atoms with E-state index in [1.165, 1.54) is 24.3 Å². The summed E-state index contributed by atoms with van der Waals surface area (Å²) in [7, 11) is 0. The highest BCUT2D eigenvalue weighted by Gasteiger charge is 2.22. The molecule has 4 rings (SSSR count). The van der Waals surface area contributed by atoms with Crippen LogP contribution in [0.5, 0.6) is 0 Å². The zero-order valence-corrected chi connectivity index (χ0v) is 20.4. The number of carboxylic acids is 1. The van der Waals surface area contributed by atoms with Crippen LogP contribution in [0.25, 0.3) is 11.1 Å². The molecule has 0 radical (unpaired) electrons. The minimum atomic E-state index is -0.975. The number of anilines is 2. The number of rotatable bonds is 10. The van der Waals surface area contributed by atoms with E-state index in [9.17, 15) is 23.9 Å². The number of Topliss-reactive ketones (excluding diaryl/α,β-unsaturated/α-hetero) is 1. The summed E-state index contributed by atoms with van der Waals surface area (Å²) in [6, 6.07) is 24.8. The Morgan fingerprint density at radius 2 is 1.50 bits per heavy atom. The van der Waals surface area contributed by atoms with Crippen LogP contribution >= 0.6 is 0 Å². The molecular weight excluding hydrogens is 485 g/mol. The lowest BCUT2D eigenvalue weighted by atomic mass is 9.92. The second-order valence-electron chi connectivity index (χ2n) is 8.78. The van der Waals surface area contributed by atoms with Crippen LogP contribution in [0.1, 0.15) is 28.8 Å². The maximum atomic E-state index is 13.0. The number of aryl methyl sites for hydroxylation is 1. The van der Waals surface area contributed by atoms with Crippen molar-refractivity contribution in [3.63, 3.8) is 0 Å². The van der Waals surface area contributed by atoms with Crippen LogP contribution in [0.3, 0.4) is 0 Å². The number of nitrogens with one attached hydrogen (secondary N) is 2. The Morgan fingerprint density at radius 1 is 0.816 bits per heavy atom. The van der Waals surface area contributed by atoms with Crippen LogP contribution in [0.15, 0.2) is 97.2 Å². The van der Waals surface area contributed by atoms with Gasteiger partial charge < -0.3 is 10.4 Å². The molecule has 3 aromatic carbocycles. The first kappa shape index (κ1) is 26.2. The van der Waals surface area contributed by atoms with E-state index in [0.717, 1.165) is 16.7 Å². The molecule has 1 unspecified atom stereocenters. The summed E-state index contributed by atoms with van der Waals surface area (Å²) in [5.74, 6) is -2.02. The van der Waals surface area contributed by atoms with Gasteiger partial charge in [0, 0.05) is 29.4 Å². The van der Waals surface area contributed by atoms with E-state index in [0.29, 0.717) is 29.9 Å². The Hall–Kier alpha value is -4.85. The smallest absolute Gasteiger partial charge is 0.324 e. The standard InChI is InChI=1S/C30H26FN3O4/c31-25-13-15-26(16-14-25)33-30(38)34-28-17-12-24(19-32-28)21-8-10-22(11-9-21)27(35)18-23(29(36)37)7-6-20-4-2-1-3-5-20/h1-5,8-17,19,23H,6-7,18H2,(H,36,37)(H2,32,33,34,38). The number of carbonyl (C=O) groups excluding carboxylic acids is 2. The number of aromatic nitrogens is 1. The summed E-state index contributed by atoms with van der Waals surface area (Å²) in [5, 5.41) is 14.8. The number of nitrogens with zero attached hydrogens (tertiary/aromatic N) is 1. The first-order valence-corrected chi connectivity index (χ1v) is 12.1. The van der Waals surface area contributed by atoms with Gasteiger partial charge in [-0.3, -0.25) is 14.9 Å². The fraction of sp³-hybridized carbons (Fsp3) is 0.133. The fourth-order valence-electron chi connectivity index (χ4n) is 3.94. The highest BCUT2D eigenvalue weighted by Crippen LogP contribution is 2.23. The molecule has 0 bridgehead atoms. The number of aliphatic carboxylic acids is 1. The highest BCUT2D eigenvalue weighted by molar-refractivity contribution is 5.99. The molecule has 0 saturated heterocycles. The third-order valence-electron chi connectivity index (χ3n) is 6.05. The van der Waals surface area contributed by atoms with Gasteiger partial charge in [0.05, 0.1) is 5.92 Å². The molecule has 0 aliphatic heterocycles. The molecule has 0 fully saturated rings. The van der Waals surface area contributed by atoms with Gasteiger partial charge in [0.25, 0.3) is 0 Å². The lowest BCUT2D eigenvalue weighted by molar-refractivity contribution is -0.141. The number of pyridine rings is 1. The molecule has 38 heavy (non-hydrogen) atoms. The van der Waals surface area contributed by atoms with Gasteiger partial charge in [-0.2, -0.15) is 0 Å². The number of hydrogen-bond donors (Lipinski definition) is 3. The van der Waals surface area contributed by atoms with Gasteiger partial charge in [-0.05, 0) is 60.4 Å². The average molecular weight is 512 g/mol. The Balaban J connectivity index is 1.32. The summed E-state index contributed by atoms with van der Waals surface area (Å²) in [6.45, 7) is 0. The molecule has 4 aromatic rings. The van der Waals surface area contributed by atoms with Crippen molar-refractivity contribution in [2.24, 2.45) is 5.92 Å². The average Bonchev–Trinajstić information content (AvgIpc) is 2.93. The number of carbonyl (C=O) groups is 3. The SMILES string of the molecule is O=C(Nc1ccc(F)cc1)Nc1ccc(-c2ccc(C(=O)CC(CCc3ccccc3)C(=O)O)cc2)cn1. The molecular formula is C30H26FN3O4. The topological polar surface area (TPSA) is 108 Å². The zero-order chi connectivity index (χ0) is 26.9. The third kappa shape index (κ3) is 7.33. The van der Waals surface area contributed by atoms with E-state index in [1.807, 2.05) is 30.3 Å². The Morgan fingerprint density at radius 3 is 2.13 bits per heavy atom. The van der Waals surface area contributed by atoms with Crippen molar-refractivity contribution in [1.29, 1.82) is 0 Å². The molecule has 2 amide bonds. The van der Waals surface area contributed by atoms with Crippen molar-refractivity contribution >= 4 is 29.3 Å². The fourth-order valence-corrected chi connectivity index (χ4v) is 3.94. The number of halogens is 1. The van der Waals surface area contributed by atoms with E-state index in [2.05, 4.69) is 15.6 Å². The van der Waals surface area contributed by atoms with E-state index >= 15 is 0 Å². The second kappa shape index (κ2) is 12.4. The van der Waals surface area contributed by atoms with E-state index in [-0.39, 0.29) is 12.2 Å². The molecule has 1 atom stereocenters. The molecule has 0 spiro atoms. The molecule has 0 saturated carbocycles. The van der Waals surface area contributed by atoms with E-state index in [1.54, 1.807) is 42.6 Å². The molecule has 3 N–H and O–H groups in total. The van der Waals surface area contributed by atoms with Crippen LogP contribution in [0, 0.1) is 11.7 Å². The first-order valence-electron chi connectivity index (χ1n) is 12.1. The van der Waals surface area contributed by atoms with Crippen LogP contribution in [-0.2, 0) is 11.2 Å². The predicted octanol–water partition coefficient (Wildman–Crippen LogP) is 6.44. The molecule has 7 nitrogen and oxygen atoms in total. The zero-order valence-electron chi connectivity index (χ0n) is 20.4. The second-order valence-corrected chi connectivity index (χ2v) is 8.78. The molecule has 0 aliphatic carbocycles. The van der Waals surface area contributed by atoms with Crippen LogP contribution < -0.4 is 10.6 Å². The number of hydrogen-bond acceptors (Lipinski definition) is 4. The number of benzene rings is 3. The van der Waals surface area contributed by atoms with Crippen LogP contribution in [-0.4, -0.2) is 27.9 Å². The van der Waals surface area contributed by atoms with Gasteiger partial charge in [-0.1, -0.05) is 54.6 Å². The molecule has 8 heteroatoms. The molecule has 1 aromatic heterocycles. The maximum Gasteiger partial charge on any atom is 0.324 e. The van der Waals surface area contributed by atoms with Crippen LogP contribution in [0.2, 0.25) is 0 Å². The van der Waals surface area contributed by atoms with Crippen molar-refractivity contribution in [2.45, 2.75) is 19.3 Å². The van der Waals surface area contributed by atoms with Gasteiger partial charge in [-0.25, -0.2) is 14.2 Å². The summed E-state index contributed by atoms with van der Waals surface area (Å²) in [6.07, 6.45) is 2.50. The van der Waals surface area contributed by atoms with Gasteiger partial charge in [0.15, 0.2) is 5.78 Å². The molecule has 0 aliphatic rings. The summed E-state index contributed by atoms with van der Waals surface area (Å²) in [5.41, 5.74) is 3.53. The normalized spacial score (nSPS) is 11.4. The van der Waals surface area contributed by atoms with Crippen LogP contribution in [0.4, 0.5) is 20.7 Å². The van der Waals surface area contributed by atoms with Gasteiger partial charge in [0.2, 0.25) is 0 Å². The minimum absolute atomic E-state index is 0.0661. The summed E-state index contributed by atoms with van der Waals surface area (Å²) in [4.78, 5) is 40.9. The number of ketones is 1. The lowest BCUT2D eigenvalue weighted by Crippen LogP contribution is -2.20. The summed E-state index contributed by atoms with van der Waals surface area (Å²) >= 11 is 0. The predicted molar refractivity (Wildman–Crippen MR) is 144 cm³/mol. The molecule has 1 heterocycles. The van der Waals surface area contributed by atoms with Crippen molar-refractivity contribution in [2.75, 3.05) is 10.6 Å². The lowest BCUT2D eigenvalue weighted by Gasteiger charge is -2.12.